The minimum atomic E-state index is -0.124. The van der Waals surface area contributed by atoms with E-state index < -0.39 is 0 Å². The Labute approximate surface area is 157 Å². The molecule has 0 fully saturated rings. The third-order valence-corrected chi connectivity index (χ3v) is 4.19. The van der Waals surface area contributed by atoms with E-state index in [9.17, 15) is 4.79 Å². The van der Waals surface area contributed by atoms with E-state index in [2.05, 4.69) is 20.6 Å². The van der Waals surface area contributed by atoms with Crippen molar-refractivity contribution in [1.82, 2.24) is 9.97 Å². The van der Waals surface area contributed by atoms with Crippen molar-refractivity contribution in [3.63, 3.8) is 0 Å². The van der Waals surface area contributed by atoms with Crippen LogP contribution >= 0.6 is 11.6 Å². The van der Waals surface area contributed by atoms with Crippen LogP contribution in [0, 0.1) is 6.92 Å². The normalized spacial score (nSPS) is 11.7. The predicted molar refractivity (Wildman–Crippen MR) is 105 cm³/mol. The van der Waals surface area contributed by atoms with Crippen LogP contribution in [-0.4, -0.2) is 15.9 Å². The Morgan fingerprint density at radius 2 is 1.92 bits per heavy atom. The van der Waals surface area contributed by atoms with Gasteiger partial charge in [-0.3, -0.25) is 9.78 Å². The number of carbonyl (C=O) groups excluding carboxylic acids is 1. The molecule has 1 heterocycles. The van der Waals surface area contributed by atoms with Gasteiger partial charge >= 0.3 is 0 Å². The van der Waals surface area contributed by atoms with Crippen LogP contribution < -0.4 is 10.6 Å². The molecule has 0 spiro atoms. The molecule has 0 aliphatic heterocycles. The lowest BCUT2D eigenvalue weighted by Gasteiger charge is -2.16. The van der Waals surface area contributed by atoms with Crippen molar-refractivity contribution in [3.05, 3.63) is 82.8 Å². The quantitative estimate of drug-likeness (QED) is 0.676. The average molecular weight is 367 g/mol. The van der Waals surface area contributed by atoms with Gasteiger partial charge in [0.2, 0.25) is 0 Å². The highest BCUT2D eigenvalue weighted by atomic mass is 35.5. The molecule has 0 saturated carbocycles. The summed E-state index contributed by atoms with van der Waals surface area (Å²) >= 11 is 5.87. The number of nitrogens with one attached hydrogen (secondary N) is 2. The van der Waals surface area contributed by atoms with Crippen molar-refractivity contribution in [3.8, 4) is 0 Å². The van der Waals surface area contributed by atoms with E-state index in [1.165, 1.54) is 6.20 Å². The Morgan fingerprint density at radius 3 is 2.69 bits per heavy atom. The first-order valence-electron chi connectivity index (χ1n) is 8.24. The summed E-state index contributed by atoms with van der Waals surface area (Å²) in [4.78, 5) is 20.7. The second-order valence-corrected chi connectivity index (χ2v) is 6.37. The van der Waals surface area contributed by atoms with E-state index in [0.717, 1.165) is 16.8 Å². The number of nitrogens with zero attached hydrogens (tertiary/aromatic N) is 2. The van der Waals surface area contributed by atoms with Crippen molar-refractivity contribution in [2.75, 3.05) is 10.6 Å². The highest BCUT2D eigenvalue weighted by molar-refractivity contribution is 6.29. The van der Waals surface area contributed by atoms with Gasteiger partial charge in [0, 0.05) is 11.3 Å². The maximum atomic E-state index is 12.5. The van der Waals surface area contributed by atoms with Gasteiger partial charge in [0.1, 0.15) is 11.0 Å². The molecule has 0 bridgehead atoms. The highest BCUT2D eigenvalue weighted by Gasteiger charge is 2.11. The van der Waals surface area contributed by atoms with Gasteiger partial charge in [0.15, 0.2) is 0 Å². The van der Waals surface area contributed by atoms with Gasteiger partial charge < -0.3 is 10.6 Å². The summed E-state index contributed by atoms with van der Waals surface area (Å²) < 4.78 is 0. The molecule has 0 unspecified atom stereocenters. The van der Waals surface area contributed by atoms with Crippen LogP contribution in [0.3, 0.4) is 0 Å². The number of hydrogen-bond acceptors (Lipinski definition) is 4. The minimum Gasteiger partial charge on any atom is -0.362 e. The number of anilines is 2. The van der Waals surface area contributed by atoms with E-state index >= 15 is 0 Å². The second-order valence-electron chi connectivity index (χ2n) is 5.99. The number of rotatable bonds is 5. The molecule has 26 heavy (non-hydrogen) atoms. The van der Waals surface area contributed by atoms with E-state index in [0.29, 0.717) is 16.5 Å². The van der Waals surface area contributed by atoms with Gasteiger partial charge in [0.05, 0.1) is 18.4 Å². The van der Waals surface area contributed by atoms with Crippen molar-refractivity contribution in [2.24, 2.45) is 0 Å². The predicted octanol–water partition coefficient (Wildman–Crippen LogP) is 4.86. The van der Waals surface area contributed by atoms with Gasteiger partial charge in [-0.25, -0.2) is 4.98 Å². The lowest BCUT2D eigenvalue weighted by molar-refractivity contribution is 0.102. The number of hydrogen-bond donors (Lipinski definition) is 2. The second kappa shape index (κ2) is 7.97. The first kappa shape index (κ1) is 17.9. The van der Waals surface area contributed by atoms with Gasteiger partial charge in [0.25, 0.3) is 5.91 Å². The number of aromatic nitrogens is 2. The summed E-state index contributed by atoms with van der Waals surface area (Å²) in [6, 6.07) is 15.2. The summed E-state index contributed by atoms with van der Waals surface area (Å²) in [6.07, 6.45) is 3.10. The van der Waals surface area contributed by atoms with Gasteiger partial charge in [-0.05, 0) is 43.2 Å². The molecule has 5 nitrogen and oxygen atoms in total. The maximum Gasteiger partial charge on any atom is 0.255 e. The Balaban J connectivity index is 1.73. The topological polar surface area (TPSA) is 66.9 Å². The van der Waals surface area contributed by atoms with Crippen molar-refractivity contribution < 1.29 is 4.79 Å². The molecule has 1 aromatic heterocycles. The number of benzene rings is 2. The van der Waals surface area contributed by atoms with E-state index in [-0.39, 0.29) is 11.9 Å². The number of amides is 1. The molecule has 0 saturated heterocycles. The zero-order chi connectivity index (χ0) is 18.5. The molecule has 132 valence electrons. The van der Waals surface area contributed by atoms with Gasteiger partial charge in [-0.15, -0.1) is 0 Å². The molecular formula is C20H19ClN4O. The molecule has 3 rings (SSSR count). The van der Waals surface area contributed by atoms with Crippen LogP contribution in [-0.2, 0) is 0 Å². The molecule has 0 radical (unpaired) electrons. The van der Waals surface area contributed by atoms with Crippen molar-refractivity contribution in [1.29, 1.82) is 0 Å². The van der Waals surface area contributed by atoms with Crippen LogP contribution in [0.15, 0.2) is 60.9 Å². The average Bonchev–Trinajstić information content (AvgIpc) is 2.62. The number of halogens is 1. The summed E-state index contributed by atoms with van der Waals surface area (Å²) in [6.45, 7) is 3.92. The standard InChI is InChI=1S/C20H19ClN4O/c1-13-6-3-4-9-17(13)20(26)24-16-8-5-7-15(10-16)14(2)23-19-12-22-11-18(21)25-19/h3-12,14H,1-2H3,(H,23,25)(H,24,26)/t14-/m0/s1. The molecule has 6 heteroatoms. The number of carbonyl (C=O) groups is 1. The number of aryl methyl sites for hydroxylation is 1. The summed E-state index contributed by atoms with van der Waals surface area (Å²) in [5.74, 6) is 0.473. The van der Waals surface area contributed by atoms with Crippen LogP contribution in [0.4, 0.5) is 11.5 Å². The highest BCUT2D eigenvalue weighted by Crippen LogP contribution is 2.22. The minimum absolute atomic E-state index is 0.0296. The first-order chi connectivity index (χ1) is 12.5. The summed E-state index contributed by atoms with van der Waals surface area (Å²) in [5, 5.41) is 6.54. The molecule has 1 atom stereocenters. The Bertz CT molecular complexity index is 929. The summed E-state index contributed by atoms with van der Waals surface area (Å²) in [5.41, 5.74) is 3.35. The van der Waals surface area contributed by atoms with E-state index in [4.69, 9.17) is 11.6 Å². The molecular weight excluding hydrogens is 348 g/mol. The Kier molecular flexibility index (Phi) is 5.49. The van der Waals surface area contributed by atoms with E-state index in [1.807, 2.05) is 62.4 Å². The van der Waals surface area contributed by atoms with Crippen LogP contribution in [0.2, 0.25) is 5.15 Å². The van der Waals surface area contributed by atoms with Crippen molar-refractivity contribution in [2.45, 2.75) is 19.9 Å². The summed E-state index contributed by atoms with van der Waals surface area (Å²) in [7, 11) is 0. The smallest absolute Gasteiger partial charge is 0.255 e. The molecule has 2 N–H and O–H groups in total. The largest absolute Gasteiger partial charge is 0.362 e. The Hall–Kier alpha value is -2.92. The van der Waals surface area contributed by atoms with Crippen molar-refractivity contribution >= 4 is 29.0 Å². The lowest BCUT2D eigenvalue weighted by Crippen LogP contribution is -2.14. The molecule has 0 aliphatic rings. The van der Waals surface area contributed by atoms with Gasteiger partial charge in [-0.2, -0.15) is 0 Å². The van der Waals surface area contributed by atoms with Gasteiger partial charge in [-0.1, -0.05) is 41.9 Å². The van der Waals surface area contributed by atoms with Crippen LogP contribution in [0.25, 0.3) is 0 Å². The van der Waals surface area contributed by atoms with E-state index in [1.54, 1.807) is 6.20 Å². The maximum absolute atomic E-state index is 12.5. The third-order valence-electron chi connectivity index (χ3n) is 4.00. The molecule has 1 amide bonds. The lowest BCUT2D eigenvalue weighted by atomic mass is 10.1. The SMILES string of the molecule is Cc1ccccc1C(=O)Nc1cccc([C@H](C)Nc2cncc(Cl)n2)c1. The molecule has 0 aliphatic carbocycles. The monoisotopic (exact) mass is 366 g/mol. The molecule has 2 aromatic carbocycles. The van der Waals surface area contributed by atoms with Crippen LogP contribution in [0.1, 0.15) is 34.5 Å². The third kappa shape index (κ3) is 4.37. The fourth-order valence-corrected chi connectivity index (χ4v) is 2.78. The van der Waals surface area contributed by atoms with Crippen LogP contribution in [0.5, 0.6) is 0 Å². The molecule has 3 aromatic rings. The zero-order valence-electron chi connectivity index (χ0n) is 14.5. The first-order valence-corrected chi connectivity index (χ1v) is 8.62. The fourth-order valence-electron chi connectivity index (χ4n) is 2.63. The Morgan fingerprint density at radius 1 is 1.12 bits per heavy atom. The fraction of sp³-hybridized carbons (Fsp3) is 0.150. The zero-order valence-corrected chi connectivity index (χ0v) is 15.3.